The van der Waals surface area contributed by atoms with Crippen LogP contribution in [0.25, 0.3) is 0 Å². The van der Waals surface area contributed by atoms with Crippen LogP contribution in [0.2, 0.25) is 0 Å². The third-order valence-electron chi connectivity index (χ3n) is 20.9. The number of hydrogen-bond acceptors (Lipinski definition) is 18. The highest BCUT2D eigenvalue weighted by Gasteiger charge is 2.80. The van der Waals surface area contributed by atoms with Gasteiger partial charge in [0.15, 0.2) is 25.2 Å². The van der Waals surface area contributed by atoms with Crippen LogP contribution in [0.3, 0.4) is 0 Å². The molecule has 5 aliphatic carbocycles. The van der Waals surface area contributed by atoms with E-state index in [9.17, 15) is 46.0 Å². The summed E-state index contributed by atoms with van der Waals surface area (Å²) >= 11 is 0. The first-order valence-electron chi connectivity index (χ1n) is 25.1. The monoisotopic (exact) mass is 959 g/mol. The molecule has 0 aromatic heterocycles. The molecule has 18 heteroatoms. The van der Waals surface area contributed by atoms with E-state index in [0.717, 1.165) is 57.8 Å². The molecule has 9 aliphatic rings. The van der Waals surface area contributed by atoms with E-state index >= 15 is 0 Å². The minimum absolute atomic E-state index is 0.0559. The summed E-state index contributed by atoms with van der Waals surface area (Å²) in [4.78, 5) is 0. The van der Waals surface area contributed by atoms with Gasteiger partial charge in [-0.2, -0.15) is 0 Å². The number of hydrogen-bond donors (Lipinski definition) is 9. The lowest BCUT2D eigenvalue weighted by Gasteiger charge is -2.75. The molecule has 0 amide bonds. The van der Waals surface area contributed by atoms with Gasteiger partial charge in [0.1, 0.15) is 61.0 Å². The molecule has 18 nitrogen and oxygen atoms in total. The predicted molar refractivity (Wildman–Crippen MR) is 234 cm³/mol. The molecule has 0 aromatic rings. The van der Waals surface area contributed by atoms with Crippen molar-refractivity contribution in [1.29, 1.82) is 0 Å². The van der Waals surface area contributed by atoms with Gasteiger partial charge in [-0.3, -0.25) is 0 Å². The molecular weight excluding hydrogens is 877 g/mol. The van der Waals surface area contributed by atoms with E-state index in [1.54, 1.807) is 14.2 Å². The first kappa shape index (κ1) is 51.2. The third kappa shape index (κ3) is 7.37. The molecule has 4 saturated heterocycles. The van der Waals surface area contributed by atoms with E-state index in [1.807, 2.05) is 0 Å². The summed E-state index contributed by atoms with van der Waals surface area (Å²) < 4.78 is 55.2. The first-order chi connectivity index (χ1) is 31.4. The van der Waals surface area contributed by atoms with Crippen LogP contribution in [0, 0.1) is 50.2 Å². The molecule has 0 aromatic carbocycles. The Kier molecular flexibility index (Phi) is 13.6. The first-order valence-corrected chi connectivity index (χ1v) is 25.1. The Morgan fingerprint density at radius 2 is 1.31 bits per heavy atom. The summed E-state index contributed by atoms with van der Waals surface area (Å²) in [5, 5.41) is 98.5. The average molecular weight is 959 g/mol. The molecule has 5 saturated carbocycles. The van der Waals surface area contributed by atoms with Gasteiger partial charge in [-0.05, 0) is 105 Å². The summed E-state index contributed by atoms with van der Waals surface area (Å²) in [6.07, 6.45) is -13.2. The summed E-state index contributed by atoms with van der Waals surface area (Å²) in [5.74, 6) is 0.813. The van der Waals surface area contributed by atoms with E-state index in [0.29, 0.717) is 18.9 Å². The van der Waals surface area contributed by atoms with Crippen molar-refractivity contribution in [3.8, 4) is 0 Å². The van der Waals surface area contributed by atoms with Gasteiger partial charge < -0.3 is 88.6 Å². The zero-order chi connectivity index (χ0) is 48.6. The largest absolute Gasteiger partial charge is 0.394 e. The van der Waals surface area contributed by atoms with Crippen molar-refractivity contribution in [1.82, 2.24) is 0 Å². The standard InChI is InChI=1S/C49H82O18/c1-23-31(52)34(55)37(58)40(63-23)67-38-35(56)32(53)24(20-50)64-41(38)65-25-21-61-39(36(57)33(25)54)66-30-12-13-45(5)26(43(30,2)3)10-14-46(6)27(45)11-15-49-28-18-44(4,42(59-8)60-9)16-17-48(28,22-62-49)29(51)19-47(46,49)7/h23-42,50-58H,10-22H2,1-9H3/t23-,24+,25-,26-,27+,28+,29+,30-,31-,32+,33-,34+,35-,36+,37+,38+,39-,40-,41-,44-,45-,46+,47-,48+,49-/m0/s1. The molecule has 1 spiro atoms. The second-order valence-electron chi connectivity index (χ2n) is 24.1. The zero-order valence-electron chi connectivity index (χ0n) is 40.9. The molecule has 2 bridgehead atoms. The van der Waals surface area contributed by atoms with E-state index in [2.05, 4.69) is 41.5 Å². The van der Waals surface area contributed by atoms with Crippen molar-refractivity contribution < 1.29 is 88.6 Å². The fraction of sp³-hybridized carbons (Fsp3) is 1.00. The van der Waals surface area contributed by atoms with Gasteiger partial charge in [-0.1, -0.05) is 41.5 Å². The van der Waals surface area contributed by atoms with Crippen LogP contribution in [-0.4, -0.2) is 190 Å². The molecule has 386 valence electrons. The minimum atomic E-state index is -1.76. The van der Waals surface area contributed by atoms with Crippen molar-refractivity contribution in [2.24, 2.45) is 50.2 Å². The Hall–Kier alpha value is -0.720. The van der Waals surface area contributed by atoms with Crippen LogP contribution in [0.1, 0.15) is 113 Å². The maximum atomic E-state index is 12.4. The normalized spacial score (nSPS) is 57.3. The number of methoxy groups -OCH3 is 2. The van der Waals surface area contributed by atoms with E-state index in [4.69, 9.17) is 42.6 Å². The van der Waals surface area contributed by atoms with Gasteiger partial charge in [-0.15, -0.1) is 0 Å². The van der Waals surface area contributed by atoms with Gasteiger partial charge in [0, 0.05) is 30.5 Å². The number of aliphatic hydroxyl groups is 9. The van der Waals surface area contributed by atoms with E-state index in [1.165, 1.54) is 6.92 Å². The molecule has 9 fully saturated rings. The lowest BCUT2D eigenvalue weighted by molar-refractivity contribution is -0.382. The fourth-order valence-electron chi connectivity index (χ4n) is 16.9. The SMILES string of the molecule is COC(OC)[C@@]1(C)CC[C@]23CO[C@@]4(CC[C@@H]5[C@@]6(C)CC[C@H](O[C@@H]7OC[C@H](O[C@@H]8O[C@H](CO)[C@@H](O)[C@H](O)[C@H]8O[C@@H]8O[C@@H](C)[C@H](O)[C@@H](O)[C@H]8O)[C@H](O)[C@H]7O)C(C)(C)[C@@H]6CC[C@@]5(C)[C@]4(C)C[C@H]2O)[C@@H]3C1. The molecule has 0 radical (unpaired) electrons. The maximum Gasteiger partial charge on any atom is 0.187 e. The lowest BCUT2D eigenvalue weighted by atomic mass is 9.30. The van der Waals surface area contributed by atoms with Crippen molar-refractivity contribution in [2.75, 3.05) is 34.0 Å². The van der Waals surface area contributed by atoms with Crippen molar-refractivity contribution in [3.63, 3.8) is 0 Å². The van der Waals surface area contributed by atoms with Gasteiger partial charge in [0.2, 0.25) is 0 Å². The molecule has 4 aliphatic heterocycles. The smallest absolute Gasteiger partial charge is 0.187 e. The summed E-state index contributed by atoms with van der Waals surface area (Å²) in [5.41, 5.74) is -1.63. The molecule has 9 rings (SSSR count). The van der Waals surface area contributed by atoms with Crippen LogP contribution >= 0.6 is 0 Å². The number of fused-ring (bicyclic) bond motifs is 4. The third-order valence-corrected chi connectivity index (χ3v) is 20.9. The highest BCUT2D eigenvalue weighted by molar-refractivity contribution is 5.28. The van der Waals surface area contributed by atoms with Crippen LogP contribution in [0.15, 0.2) is 0 Å². The van der Waals surface area contributed by atoms with Crippen LogP contribution < -0.4 is 0 Å². The van der Waals surface area contributed by atoms with Crippen molar-refractivity contribution in [2.45, 2.75) is 223 Å². The number of ether oxygens (including phenoxy) is 9. The average Bonchev–Trinajstić information content (AvgIpc) is 3.56. The molecule has 25 atom stereocenters. The quantitative estimate of drug-likeness (QED) is 0.110. The number of aliphatic hydroxyl groups excluding tert-OH is 9. The second-order valence-corrected chi connectivity index (χ2v) is 24.1. The van der Waals surface area contributed by atoms with Gasteiger partial charge >= 0.3 is 0 Å². The lowest BCUT2D eigenvalue weighted by Crippen LogP contribution is -2.74. The Morgan fingerprint density at radius 1 is 0.627 bits per heavy atom. The Morgan fingerprint density at radius 3 is 2.00 bits per heavy atom. The van der Waals surface area contributed by atoms with Crippen molar-refractivity contribution in [3.05, 3.63) is 0 Å². The zero-order valence-corrected chi connectivity index (χ0v) is 40.9. The van der Waals surface area contributed by atoms with Gasteiger partial charge in [0.05, 0.1) is 43.7 Å². The summed E-state index contributed by atoms with van der Waals surface area (Å²) in [7, 11) is 3.44. The van der Waals surface area contributed by atoms with E-state index in [-0.39, 0.29) is 68.9 Å². The van der Waals surface area contributed by atoms with Crippen LogP contribution in [0.5, 0.6) is 0 Å². The Labute approximate surface area is 394 Å². The van der Waals surface area contributed by atoms with Gasteiger partial charge in [0.25, 0.3) is 0 Å². The topological polar surface area (TPSA) is 265 Å². The highest BCUT2D eigenvalue weighted by atomic mass is 16.8. The van der Waals surface area contributed by atoms with Crippen molar-refractivity contribution >= 4 is 0 Å². The maximum absolute atomic E-state index is 12.4. The summed E-state index contributed by atoms with van der Waals surface area (Å²) in [6, 6.07) is 0. The van der Waals surface area contributed by atoms with Gasteiger partial charge in [-0.25, -0.2) is 0 Å². The fourth-order valence-corrected chi connectivity index (χ4v) is 16.9. The predicted octanol–water partition coefficient (Wildman–Crippen LogP) is 1.09. The Balaban J connectivity index is 0.884. The van der Waals surface area contributed by atoms with E-state index < -0.39 is 98.7 Å². The summed E-state index contributed by atoms with van der Waals surface area (Å²) in [6.45, 7) is 15.3. The molecule has 4 heterocycles. The Bertz CT molecular complexity index is 1770. The van der Waals surface area contributed by atoms with Crippen LogP contribution in [-0.2, 0) is 42.6 Å². The molecular formula is C49H82O18. The second kappa shape index (κ2) is 17.7. The molecule has 9 N–H and O–H groups in total. The minimum Gasteiger partial charge on any atom is -0.394 e. The molecule has 67 heavy (non-hydrogen) atoms. The van der Waals surface area contributed by atoms with Crippen LogP contribution in [0.4, 0.5) is 0 Å². The highest BCUT2D eigenvalue weighted by Crippen LogP contribution is 2.80. The molecule has 0 unspecified atom stereocenters. The number of rotatable bonds is 10.